The number of carbonyl (C=O) groups excluding carboxylic acids is 2. The number of hydrogen-bond acceptors (Lipinski definition) is 8. The van der Waals surface area contributed by atoms with Crippen molar-refractivity contribution >= 4 is 34.4 Å². The van der Waals surface area contributed by atoms with Crippen LogP contribution in [0.5, 0.6) is 5.75 Å². The highest BCUT2D eigenvalue weighted by Gasteiger charge is 2.26. The fourth-order valence-corrected chi connectivity index (χ4v) is 5.37. The second-order valence-electron chi connectivity index (χ2n) is 12.9. The molecular weight excluding hydrogens is 604 g/mol. The van der Waals surface area contributed by atoms with Gasteiger partial charge in [-0.1, -0.05) is 36.4 Å². The summed E-state index contributed by atoms with van der Waals surface area (Å²) in [6.45, 7) is 14.1. The minimum absolute atomic E-state index is 0.118. The van der Waals surface area contributed by atoms with Gasteiger partial charge in [0.25, 0.3) is 0 Å². The Morgan fingerprint density at radius 3 is 2.39 bits per heavy atom. The number of alkyl carbamates (subject to hydrolysis) is 1. The summed E-state index contributed by atoms with van der Waals surface area (Å²) in [7, 11) is 0. The number of fused-ring (bicyclic) bond motifs is 1. The smallest absolute Gasteiger partial charge is 0.407 e. The van der Waals surface area contributed by atoms with Crippen LogP contribution in [0, 0.1) is 0 Å². The number of nitrogens with one attached hydrogen (secondary N) is 2. The highest BCUT2D eigenvalue weighted by Crippen LogP contribution is 2.34. The fourth-order valence-electron chi connectivity index (χ4n) is 4.66. The number of ether oxygens (including phenoxy) is 3. The van der Waals surface area contributed by atoms with Crippen LogP contribution in [-0.4, -0.2) is 33.6 Å². The van der Waals surface area contributed by atoms with Gasteiger partial charge < -0.3 is 28.5 Å². The van der Waals surface area contributed by atoms with E-state index in [1.54, 1.807) is 6.92 Å². The Kier molecular flexibility index (Phi) is 11.4. The maximum absolute atomic E-state index is 12.6. The molecule has 246 valence electrons. The topological polar surface area (TPSA) is 122 Å². The Morgan fingerprint density at radius 2 is 1.67 bits per heavy atom. The lowest BCUT2D eigenvalue weighted by atomic mass is 9.99. The highest BCUT2D eigenvalue weighted by molar-refractivity contribution is 7.90. The second kappa shape index (κ2) is 15.1. The molecule has 46 heavy (non-hydrogen) atoms. The summed E-state index contributed by atoms with van der Waals surface area (Å²) < 4.78 is 38.4. The summed E-state index contributed by atoms with van der Waals surface area (Å²) in [5.74, 6) is 0.943. The maximum atomic E-state index is 12.6. The molecule has 1 amide bonds. The van der Waals surface area contributed by atoms with E-state index in [9.17, 15) is 14.1 Å². The Hall–Kier alpha value is -3.99. The third-order valence-corrected chi connectivity index (χ3v) is 8.26. The first kappa shape index (κ1) is 34.9. The van der Waals surface area contributed by atoms with Crippen LogP contribution in [0.1, 0.15) is 70.9 Å². The average molecular weight is 649 g/mol. The van der Waals surface area contributed by atoms with Gasteiger partial charge in [-0.15, -0.1) is 4.72 Å². The van der Waals surface area contributed by atoms with Crippen LogP contribution in [0.15, 0.2) is 71.1 Å². The van der Waals surface area contributed by atoms with Crippen LogP contribution >= 0.6 is 0 Å². The van der Waals surface area contributed by atoms with E-state index in [-0.39, 0.29) is 25.5 Å². The van der Waals surface area contributed by atoms with E-state index in [0.29, 0.717) is 30.2 Å². The molecule has 0 saturated carbocycles. The van der Waals surface area contributed by atoms with Crippen molar-refractivity contribution in [1.82, 2.24) is 10.0 Å². The predicted molar refractivity (Wildman–Crippen MR) is 181 cm³/mol. The van der Waals surface area contributed by atoms with Crippen LogP contribution in [0.3, 0.4) is 0 Å². The number of carbonyl (C=O) groups is 2. The van der Waals surface area contributed by atoms with Crippen LogP contribution in [0.2, 0.25) is 0 Å². The molecule has 0 aliphatic carbocycles. The second-order valence-corrected chi connectivity index (χ2v) is 15.0. The molecule has 0 bridgehead atoms. The molecule has 4 rings (SSSR count). The monoisotopic (exact) mass is 648 g/mol. The minimum atomic E-state index is -1.26. The van der Waals surface area contributed by atoms with Gasteiger partial charge in [-0.25, -0.2) is 4.79 Å². The molecule has 10 heteroatoms. The zero-order chi connectivity index (χ0) is 33.5. The minimum Gasteiger partial charge on any atom is -0.598 e. The van der Waals surface area contributed by atoms with Crippen LogP contribution in [0.4, 0.5) is 4.79 Å². The van der Waals surface area contributed by atoms with Crippen LogP contribution in [-0.2, 0) is 51.7 Å². The number of amides is 1. The fraction of sp³-hybridized carbons (Fsp3) is 0.389. The summed E-state index contributed by atoms with van der Waals surface area (Å²) >= 11 is -1.26. The van der Waals surface area contributed by atoms with E-state index in [4.69, 9.17) is 18.6 Å². The number of rotatable bonds is 12. The van der Waals surface area contributed by atoms with Crippen molar-refractivity contribution in [2.24, 2.45) is 0 Å². The van der Waals surface area contributed by atoms with Gasteiger partial charge in [-0.2, -0.15) is 0 Å². The van der Waals surface area contributed by atoms with Gasteiger partial charge in [-0.05, 0) is 95.5 Å². The SMILES string of the molecule is CCOC(=O)Cc1ccccc1OCc1cc(-c2cccc(CNC(=O)OC(C)(C)C)c2)c2oc(CN[S@+]([O-])C(C)(C)C)cc2c1. The van der Waals surface area contributed by atoms with Crippen LogP contribution < -0.4 is 14.8 Å². The molecule has 0 radical (unpaired) electrons. The van der Waals surface area contributed by atoms with E-state index in [1.807, 2.05) is 108 Å². The lowest BCUT2D eigenvalue weighted by molar-refractivity contribution is -0.142. The Balaban J connectivity index is 1.64. The normalized spacial score (nSPS) is 12.5. The van der Waals surface area contributed by atoms with Crippen molar-refractivity contribution in [2.45, 2.75) is 84.9 Å². The summed E-state index contributed by atoms with van der Waals surface area (Å²) in [5, 5.41) is 3.68. The van der Waals surface area contributed by atoms with Gasteiger partial charge in [0, 0.05) is 34.4 Å². The van der Waals surface area contributed by atoms with Gasteiger partial charge in [0.2, 0.25) is 0 Å². The zero-order valence-electron chi connectivity index (χ0n) is 27.7. The molecule has 0 fully saturated rings. The Morgan fingerprint density at radius 1 is 0.913 bits per heavy atom. The van der Waals surface area contributed by atoms with E-state index in [0.717, 1.165) is 33.2 Å². The Labute approximate surface area is 274 Å². The summed E-state index contributed by atoms with van der Waals surface area (Å²) in [6.07, 6.45) is -0.370. The summed E-state index contributed by atoms with van der Waals surface area (Å²) in [6, 6.07) is 21.2. The molecule has 1 aromatic heterocycles. The Bertz CT molecular complexity index is 1650. The standard InChI is InChI=1S/C36H44N2O7S/c1-8-42-32(39)20-27-13-9-10-15-31(27)43-23-25-17-28-19-29(22-38-46(41)36(5,6)7)44-33(28)30(18-25)26-14-11-12-24(16-26)21-37-34(40)45-35(2,3)4/h9-19,38H,8,20-23H2,1-7H3,(H,37,40)/t46-/m1/s1. The third kappa shape index (κ3) is 10.0. The molecule has 3 aromatic carbocycles. The molecule has 1 heterocycles. The van der Waals surface area contributed by atoms with E-state index in [2.05, 4.69) is 10.0 Å². The number of furan rings is 1. The van der Waals surface area contributed by atoms with E-state index < -0.39 is 27.8 Å². The highest BCUT2D eigenvalue weighted by atomic mass is 32.2. The van der Waals surface area contributed by atoms with Crippen molar-refractivity contribution in [2.75, 3.05) is 6.61 Å². The van der Waals surface area contributed by atoms with E-state index in [1.165, 1.54) is 0 Å². The third-order valence-electron chi connectivity index (χ3n) is 6.74. The van der Waals surface area contributed by atoms with Crippen LogP contribution in [0.25, 0.3) is 22.1 Å². The van der Waals surface area contributed by atoms with Crippen molar-refractivity contribution < 1.29 is 32.8 Å². The molecule has 9 nitrogen and oxygen atoms in total. The van der Waals surface area contributed by atoms with Gasteiger partial charge >= 0.3 is 12.1 Å². The quantitative estimate of drug-likeness (QED) is 0.121. The molecule has 0 unspecified atom stereocenters. The first-order valence-electron chi connectivity index (χ1n) is 15.3. The maximum Gasteiger partial charge on any atom is 0.407 e. The van der Waals surface area contributed by atoms with Gasteiger partial charge in [0.1, 0.15) is 34.0 Å². The molecule has 0 aliphatic heterocycles. The average Bonchev–Trinajstić information content (AvgIpc) is 3.40. The molecular formula is C36H44N2O7S. The number of hydrogen-bond donors (Lipinski definition) is 2. The van der Waals surface area contributed by atoms with Gasteiger partial charge in [0.05, 0.1) is 19.6 Å². The predicted octanol–water partition coefficient (Wildman–Crippen LogP) is 7.36. The molecule has 0 aliphatic rings. The molecule has 1 atom stereocenters. The molecule has 2 N–H and O–H groups in total. The number of para-hydroxylation sites is 1. The summed E-state index contributed by atoms with van der Waals surface area (Å²) in [5.41, 5.74) is 4.36. The number of esters is 1. The van der Waals surface area contributed by atoms with E-state index >= 15 is 0 Å². The zero-order valence-corrected chi connectivity index (χ0v) is 28.5. The summed E-state index contributed by atoms with van der Waals surface area (Å²) in [4.78, 5) is 24.4. The van der Waals surface area contributed by atoms with Crippen molar-refractivity contribution in [3.63, 3.8) is 0 Å². The van der Waals surface area contributed by atoms with Gasteiger partial charge in [0.15, 0.2) is 0 Å². The lowest BCUT2D eigenvalue weighted by Crippen LogP contribution is -2.38. The number of benzene rings is 3. The molecule has 0 saturated heterocycles. The lowest BCUT2D eigenvalue weighted by Gasteiger charge is -2.23. The molecule has 4 aromatic rings. The van der Waals surface area contributed by atoms with Crippen molar-refractivity contribution in [3.8, 4) is 16.9 Å². The first-order valence-corrected chi connectivity index (χ1v) is 16.5. The van der Waals surface area contributed by atoms with Gasteiger partial charge in [-0.3, -0.25) is 4.79 Å². The molecule has 0 spiro atoms. The van der Waals surface area contributed by atoms with Crippen molar-refractivity contribution in [3.05, 3.63) is 89.2 Å². The first-order chi connectivity index (χ1) is 21.7. The van der Waals surface area contributed by atoms with Crippen molar-refractivity contribution in [1.29, 1.82) is 0 Å². The largest absolute Gasteiger partial charge is 0.598 e.